The van der Waals surface area contributed by atoms with E-state index in [1.807, 2.05) is 23.9 Å². The Labute approximate surface area is 196 Å². The Kier molecular flexibility index (Phi) is 12.4. The van der Waals surface area contributed by atoms with Crippen molar-refractivity contribution in [3.63, 3.8) is 0 Å². The lowest BCUT2D eigenvalue weighted by Gasteiger charge is -2.30. The smallest absolute Gasteiger partial charge is 0.243 e. The number of aliphatic imine (C=N–C) groups is 1. The quantitative estimate of drug-likeness (QED) is 0.305. The largest absolute Gasteiger partial charge is 0.497 e. The Morgan fingerprint density at radius 3 is 2.62 bits per heavy atom. The summed E-state index contributed by atoms with van der Waals surface area (Å²) >= 11 is 1.95. The lowest BCUT2D eigenvalue weighted by molar-refractivity contribution is -0.127. The van der Waals surface area contributed by atoms with E-state index < -0.39 is 0 Å². The van der Waals surface area contributed by atoms with E-state index in [0.29, 0.717) is 11.3 Å². The number of carbonyl (C=O) groups is 1. The van der Waals surface area contributed by atoms with Gasteiger partial charge in [-0.05, 0) is 49.6 Å². The van der Waals surface area contributed by atoms with Crippen molar-refractivity contribution in [1.82, 2.24) is 15.5 Å². The highest BCUT2D eigenvalue weighted by Gasteiger charge is 2.22. The van der Waals surface area contributed by atoms with Gasteiger partial charge in [0.2, 0.25) is 5.91 Å². The van der Waals surface area contributed by atoms with Crippen LogP contribution in [-0.4, -0.2) is 68.6 Å². The third-order valence-electron chi connectivity index (χ3n) is 5.04. The van der Waals surface area contributed by atoms with Crippen LogP contribution in [0.4, 0.5) is 0 Å². The average molecular weight is 535 g/mol. The predicted molar refractivity (Wildman–Crippen MR) is 134 cm³/mol. The Morgan fingerprint density at radius 2 is 2.00 bits per heavy atom. The molecule has 0 aromatic heterocycles. The van der Waals surface area contributed by atoms with E-state index in [1.165, 1.54) is 18.4 Å². The van der Waals surface area contributed by atoms with E-state index in [2.05, 4.69) is 34.0 Å². The van der Waals surface area contributed by atoms with Gasteiger partial charge in [-0.2, -0.15) is 11.8 Å². The second-order valence-corrected chi connectivity index (χ2v) is 8.48. The van der Waals surface area contributed by atoms with Crippen LogP contribution in [0, 0.1) is 0 Å². The van der Waals surface area contributed by atoms with Crippen LogP contribution in [0.25, 0.3) is 0 Å². The molecule has 2 unspecified atom stereocenters. The maximum Gasteiger partial charge on any atom is 0.243 e. The third-order valence-corrected chi connectivity index (χ3v) is 6.13. The summed E-state index contributed by atoms with van der Waals surface area (Å²) in [7, 11) is 5.19. The zero-order chi connectivity index (χ0) is 20.4. The van der Waals surface area contributed by atoms with E-state index in [-0.39, 0.29) is 36.4 Å². The number of benzene rings is 1. The van der Waals surface area contributed by atoms with Gasteiger partial charge in [-0.1, -0.05) is 18.6 Å². The van der Waals surface area contributed by atoms with Crippen LogP contribution in [-0.2, 0) is 11.2 Å². The fraction of sp³-hybridized carbons (Fsp3) is 0.619. The third kappa shape index (κ3) is 9.46. The van der Waals surface area contributed by atoms with E-state index in [9.17, 15) is 4.79 Å². The van der Waals surface area contributed by atoms with E-state index in [4.69, 9.17) is 4.74 Å². The molecule has 0 aliphatic heterocycles. The van der Waals surface area contributed by atoms with E-state index in [1.54, 1.807) is 26.1 Å². The van der Waals surface area contributed by atoms with Crippen LogP contribution < -0.4 is 15.4 Å². The summed E-state index contributed by atoms with van der Waals surface area (Å²) in [4.78, 5) is 18.0. The number of amides is 1. The fourth-order valence-electron chi connectivity index (χ4n) is 3.24. The minimum atomic E-state index is 0. The molecule has 1 fully saturated rings. The summed E-state index contributed by atoms with van der Waals surface area (Å²) in [6.45, 7) is 0.913. The number of methoxy groups -OCH3 is 1. The molecule has 6 nitrogen and oxygen atoms in total. The average Bonchev–Trinajstić information content (AvgIpc) is 2.72. The zero-order valence-electron chi connectivity index (χ0n) is 17.9. The van der Waals surface area contributed by atoms with Crippen molar-refractivity contribution < 1.29 is 9.53 Å². The van der Waals surface area contributed by atoms with Crippen LogP contribution >= 0.6 is 35.7 Å². The van der Waals surface area contributed by atoms with Crippen molar-refractivity contribution in [2.75, 3.05) is 40.6 Å². The molecule has 1 amide bonds. The highest BCUT2D eigenvalue weighted by molar-refractivity contribution is 14.0. The normalized spacial score (nSPS) is 19.1. The van der Waals surface area contributed by atoms with Gasteiger partial charge >= 0.3 is 0 Å². The molecule has 2 rings (SSSR count). The summed E-state index contributed by atoms with van der Waals surface area (Å²) in [5.41, 5.74) is 1.23. The second-order valence-electron chi connectivity index (χ2n) is 7.34. The lowest BCUT2D eigenvalue weighted by atomic mass is 9.95. The maximum atomic E-state index is 11.9. The van der Waals surface area contributed by atoms with Gasteiger partial charge in [-0.3, -0.25) is 4.79 Å². The molecule has 1 aliphatic rings. The van der Waals surface area contributed by atoms with Gasteiger partial charge in [0, 0.05) is 31.9 Å². The first-order valence-electron chi connectivity index (χ1n) is 9.92. The predicted octanol–water partition coefficient (Wildman–Crippen LogP) is 3.15. The van der Waals surface area contributed by atoms with Crippen LogP contribution in [0.1, 0.15) is 31.2 Å². The van der Waals surface area contributed by atoms with Gasteiger partial charge in [0.05, 0.1) is 7.11 Å². The van der Waals surface area contributed by atoms with Crippen LogP contribution in [0.3, 0.4) is 0 Å². The summed E-state index contributed by atoms with van der Waals surface area (Å²) in [5, 5.41) is 7.66. The molecule has 2 atom stereocenters. The first kappa shape index (κ1) is 25.9. The molecule has 1 aromatic rings. The topological polar surface area (TPSA) is 66.0 Å². The monoisotopic (exact) mass is 534 g/mol. The molecule has 0 spiro atoms. The minimum Gasteiger partial charge on any atom is -0.497 e. The molecule has 0 bridgehead atoms. The number of thioether (sulfide) groups is 1. The van der Waals surface area contributed by atoms with Crippen LogP contribution in [0.5, 0.6) is 5.75 Å². The highest BCUT2D eigenvalue weighted by atomic mass is 127. The number of hydrogen-bond donors (Lipinski definition) is 2. The number of halogens is 1. The molecule has 164 valence electrons. The van der Waals surface area contributed by atoms with Gasteiger partial charge in [0.1, 0.15) is 12.3 Å². The number of rotatable bonds is 8. The molecule has 1 saturated carbocycles. The minimum absolute atomic E-state index is 0. The van der Waals surface area contributed by atoms with Crippen molar-refractivity contribution in [1.29, 1.82) is 0 Å². The Balaban J connectivity index is 0.00000420. The molecule has 2 N–H and O–H groups in total. The number of likely N-dealkylation sites (N-methyl/N-ethyl adjacent to an activating group) is 1. The van der Waals surface area contributed by atoms with Gasteiger partial charge < -0.3 is 20.3 Å². The number of nitrogens with zero attached hydrogens (tertiary/aromatic N) is 2. The number of ether oxygens (including phenoxy) is 1. The van der Waals surface area contributed by atoms with Gasteiger partial charge in [0.25, 0.3) is 0 Å². The van der Waals surface area contributed by atoms with Gasteiger partial charge in [-0.15, -0.1) is 24.0 Å². The number of carbonyl (C=O) groups excluding carboxylic acids is 1. The molecule has 0 heterocycles. The molecular formula is C21H35IN4O2S. The Hall–Kier alpha value is -1.16. The van der Waals surface area contributed by atoms with Crippen molar-refractivity contribution >= 4 is 47.6 Å². The second kappa shape index (κ2) is 14.0. The molecule has 1 aromatic carbocycles. The van der Waals surface area contributed by atoms with Crippen molar-refractivity contribution in [3.05, 3.63) is 29.8 Å². The highest BCUT2D eigenvalue weighted by Crippen LogP contribution is 2.26. The SMILES string of the molecule is COc1ccc(CCNC(=NCC(=O)N(C)C)NC2CCCC(SC)C2)cc1.I. The molecule has 0 radical (unpaired) electrons. The van der Waals surface area contributed by atoms with E-state index >= 15 is 0 Å². The first-order chi connectivity index (χ1) is 13.5. The van der Waals surface area contributed by atoms with E-state index in [0.717, 1.165) is 37.5 Å². The van der Waals surface area contributed by atoms with Crippen LogP contribution in [0.2, 0.25) is 0 Å². The number of nitrogens with one attached hydrogen (secondary N) is 2. The van der Waals surface area contributed by atoms with Gasteiger partial charge in [0.15, 0.2) is 5.96 Å². The molecular weight excluding hydrogens is 499 g/mol. The number of guanidine groups is 1. The van der Waals surface area contributed by atoms with Crippen molar-refractivity contribution in [3.8, 4) is 5.75 Å². The standard InChI is InChI=1S/C21H34N4O2S.HI/c1-25(2)20(26)15-23-21(24-17-6-5-7-19(14-17)28-4)22-13-12-16-8-10-18(27-3)11-9-16;/h8-11,17,19H,5-7,12-15H2,1-4H3,(H2,22,23,24);1H. The van der Waals surface area contributed by atoms with Crippen molar-refractivity contribution in [2.45, 2.75) is 43.4 Å². The molecule has 8 heteroatoms. The summed E-state index contributed by atoms with van der Waals surface area (Å²) < 4.78 is 5.21. The number of hydrogen-bond acceptors (Lipinski definition) is 4. The summed E-state index contributed by atoms with van der Waals surface area (Å²) in [6.07, 6.45) is 7.88. The maximum absolute atomic E-state index is 11.9. The zero-order valence-corrected chi connectivity index (χ0v) is 21.1. The van der Waals surface area contributed by atoms with Crippen LogP contribution in [0.15, 0.2) is 29.3 Å². The molecule has 0 saturated heterocycles. The molecule has 1 aliphatic carbocycles. The summed E-state index contributed by atoms with van der Waals surface area (Å²) in [6, 6.07) is 8.51. The summed E-state index contributed by atoms with van der Waals surface area (Å²) in [5.74, 6) is 1.60. The Morgan fingerprint density at radius 1 is 1.28 bits per heavy atom. The van der Waals surface area contributed by atoms with Gasteiger partial charge in [-0.25, -0.2) is 4.99 Å². The van der Waals surface area contributed by atoms with Crippen molar-refractivity contribution in [2.24, 2.45) is 4.99 Å². The first-order valence-corrected chi connectivity index (χ1v) is 11.2. The Bertz CT molecular complexity index is 640. The molecule has 29 heavy (non-hydrogen) atoms. The lowest BCUT2D eigenvalue weighted by Crippen LogP contribution is -2.46. The fourth-order valence-corrected chi connectivity index (χ4v) is 4.07.